The smallest absolute Gasteiger partial charge is 0.241 e. The molecule has 0 fully saturated rings. The molecule has 1 N–H and O–H groups in total. The molecule has 0 aliphatic heterocycles. The maximum Gasteiger partial charge on any atom is 0.241 e. The van der Waals surface area contributed by atoms with Gasteiger partial charge in [0.2, 0.25) is 15.9 Å². The number of sulfonamides is 1. The highest BCUT2D eigenvalue weighted by atomic mass is 79.9. The monoisotopic (exact) mass is 482 g/mol. The Labute approximate surface area is 181 Å². The summed E-state index contributed by atoms with van der Waals surface area (Å²) in [6.07, 6.45) is 1.82. The van der Waals surface area contributed by atoms with Gasteiger partial charge in [0.05, 0.1) is 25.1 Å². The van der Waals surface area contributed by atoms with Crippen molar-refractivity contribution in [1.82, 2.24) is 5.32 Å². The Bertz CT molecular complexity index is 930. The van der Waals surface area contributed by atoms with E-state index in [0.717, 1.165) is 32.8 Å². The summed E-state index contributed by atoms with van der Waals surface area (Å²) in [5, 5.41) is 2.99. The van der Waals surface area contributed by atoms with Crippen molar-refractivity contribution in [2.45, 2.75) is 26.3 Å². The van der Waals surface area contributed by atoms with Crippen LogP contribution in [0.2, 0.25) is 0 Å². The van der Waals surface area contributed by atoms with Gasteiger partial charge < -0.3 is 10.1 Å². The quantitative estimate of drug-likeness (QED) is 0.582. The third kappa shape index (κ3) is 7.04. The maximum absolute atomic E-state index is 12.8. The third-order valence-electron chi connectivity index (χ3n) is 4.34. The summed E-state index contributed by atoms with van der Waals surface area (Å²) in [5.74, 6) is 0.719. The van der Waals surface area contributed by atoms with Crippen LogP contribution in [0.3, 0.4) is 0 Å². The number of nitrogens with zero attached hydrogens (tertiary/aromatic N) is 1. The zero-order valence-electron chi connectivity index (χ0n) is 17.1. The van der Waals surface area contributed by atoms with E-state index in [-0.39, 0.29) is 18.5 Å². The number of hydrogen-bond donors (Lipinski definition) is 1. The van der Waals surface area contributed by atoms with E-state index in [1.165, 1.54) is 0 Å². The lowest BCUT2D eigenvalue weighted by Crippen LogP contribution is -2.41. The van der Waals surface area contributed by atoms with Crippen LogP contribution in [0.15, 0.2) is 53.0 Å². The Balaban J connectivity index is 2.22. The molecular formula is C21H27BrN2O4S. The topological polar surface area (TPSA) is 75.7 Å². The van der Waals surface area contributed by atoms with Gasteiger partial charge in [-0.15, -0.1) is 0 Å². The first-order valence-corrected chi connectivity index (χ1v) is 11.9. The van der Waals surface area contributed by atoms with Crippen molar-refractivity contribution in [3.8, 4) is 5.75 Å². The predicted molar refractivity (Wildman–Crippen MR) is 120 cm³/mol. The minimum atomic E-state index is -3.63. The highest BCUT2D eigenvalue weighted by Gasteiger charge is 2.23. The fraction of sp³-hybridized carbons (Fsp3) is 0.381. The largest absolute Gasteiger partial charge is 0.497 e. The number of ether oxygens (including phenoxy) is 1. The molecule has 2 rings (SSSR count). The summed E-state index contributed by atoms with van der Waals surface area (Å²) in [4.78, 5) is 12.8. The number of rotatable bonds is 9. The molecule has 0 saturated heterocycles. The van der Waals surface area contributed by atoms with Gasteiger partial charge in [0.1, 0.15) is 12.3 Å². The Morgan fingerprint density at radius 3 is 2.34 bits per heavy atom. The van der Waals surface area contributed by atoms with Crippen LogP contribution in [0.5, 0.6) is 5.75 Å². The zero-order valence-corrected chi connectivity index (χ0v) is 19.5. The van der Waals surface area contributed by atoms with E-state index in [1.54, 1.807) is 31.4 Å². The molecule has 0 radical (unpaired) electrons. The third-order valence-corrected chi connectivity index (χ3v) is 5.98. The van der Waals surface area contributed by atoms with Crippen molar-refractivity contribution in [2.24, 2.45) is 5.92 Å². The second-order valence-electron chi connectivity index (χ2n) is 7.27. The highest BCUT2D eigenvalue weighted by molar-refractivity contribution is 9.10. The van der Waals surface area contributed by atoms with Gasteiger partial charge in [0, 0.05) is 4.47 Å². The van der Waals surface area contributed by atoms with E-state index in [1.807, 2.05) is 24.3 Å². The molecule has 0 aliphatic carbocycles. The summed E-state index contributed by atoms with van der Waals surface area (Å²) in [6.45, 7) is 3.86. The summed E-state index contributed by atoms with van der Waals surface area (Å²) in [5.41, 5.74) is 1.38. The molecule has 1 amide bonds. The number of hydrogen-bond acceptors (Lipinski definition) is 4. The van der Waals surface area contributed by atoms with Crippen LogP contribution in [0.25, 0.3) is 0 Å². The average Bonchev–Trinajstić information content (AvgIpc) is 2.64. The van der Waals surface area contributed by atoms with Gasteiger partial charge in [-0.1, -0.05) is 48.0 Å². The van der Waals surface area contributed by atoms with Crippen LogP contribution in [0, 0.1) is 5.92 Å². The molecule has 0 heterocycles. The highest BCUT2D eigenvalue weighted by Crippen LogP contribution is 2.25. The number of methoxy groups -OCH3 is 1. The molecule has 0 spiro atoms. The van der Waals surface area contributed by atoms with Gasteiger partial charge in [-0.25, -0.2) is 8.42 Å². The maximum atomic E-state index is 12.8. The van der Waals surface area contributed by atoms with E-state index in [4.69, 9.17) is 4.74 Å². The van der Waals surface area contributed by atoms with Gasteiger partial charge in [0.25, 0.3) is 0 Å². The molecule has 1 atom stereocenters. The number of carbonyl (C=O) groups is 1. The summed E-state index contributed by atoms with van der Waals surface area (Å²) < 4.78 is 31.6. The average molecular weight is 483 g/mol. The number of anilines is 1. The Morgan fingerprint density at radius 1 is 1.17 bits per heavy atom. The van der Waals surface area contributed by atoms with Crippen molar-refractivity contribution in [3.63, 3.8) is 0 Å². The molecule has 0 unspecified atom stereocenters. The minimum absolute atomic E-state index is 0.225. The second-order valence-corrected chi connectivity index (χ2v) is 10.1. The molecule has 0 saturated carbocycles. The van der Waals surface area contributed by atoms with E-state index in [2.05, 4.69) is 35.1 Å². The lowest BCUT2D eigenvalue weighted by atomic mass is 9.97. The molecule has 0 bridgehead atoms. The van der Waals surface area contributed by atoms with Crippen LogP contribution in [0.1, 0.15) is 31.9 Å². The van der Waals surface area contributed by atoms with Gasteiger partial charge in [0.15, 0.2) is 0 Å². The molecule has 2 aromatic carbocycles. The first-order valence-electron chi connectivity index (χ1n) is 9.26. The van der Waals surface area contributed by atoms with Crippen LogP contribution < -0.4 is 14.4 Å². The normalized spacial score (nSPS) is 12.5. The molecule has 29 heavy (non-hydrogen) atoms. The lowest BCUT2D eigenvalue weighted by molar-refractivity contribution is -0.120. The van der Waals surface area contributed by atoms with Crippen molar-refractivity contribution < 1.29 is 17.9 Å². The molecule has 0 aliphatic rings. The van der Waals surface area contributed by atoms with Gasteiger partial charge >= 0.3 is 0 Å². The second kappa shape index (κ2) is 10.1. The van der Waals surface area contributed by atoms with Crippen molar-refractivity contribution in [1.29, 1.82) is 0 Å². The van der Waals surface area contributed by atoms with Gasteiger partial charge in [-0.05, 0) is 48.2 Å². The van der Waals surface area contributed by atoms with E-state index in [9.17, 15) is 13.2 Å². The summed E-state index contributed by atoms with van der Waals surface area (Å²) in [7, 11) is -2.03. The Morgan fingerprint density at radius 2 is 1.83 bits per heavy atom. The van der Waals surface area contributed by atoms with Crippen LogP contribution in [-0.2, 0) is 14.8 Å². The molecule has 8 heteroatoms. The van der Waals surface area contributed by atoms with Crippen LogP contribution in [-0.4, -0.2) is 34.2 Å². The number of carbonyl (C=O) groups excluding carboxylic acids is 1. The number of amides is 1. The van der Waals surface area contributed by atoms with E-state index < -0.39 is 10.0 Å². The number of benzene rings is 2. The zero-order chi connectivity index (χ0) is 21.6. The standard InChI is InChI=1S/C21H27BrN2O4S/c1-15(2)12-20(16-8-10-19(28-3)11-9-16)23-21(25)14-24(29(4,26)27)18-7-5-6-17(22)13-18/h5-11,13,15,20H,12,14H2,1-4H3,(H,23,25)/t20-/m1/s1. The van der Waals surface area contributed by atoms with Crippen molar-refractivity contribution in [2.75, 3.05) is 24.2 Å². The molecular weight excluding hydrogens is 456 g/mol. The lowest BCUT2D eigenvalue weighted by Gasteiger charge is -2.25. The van der Waals surface area contributed by atoms with E-state index >= 15 is 0 Å². The van der Waals surface area contributed by atoms with E-state index in [0.29, 0.717) is 11.6 Å². The first kappa shape index (κ1) is 23.2. The Hall–Kier alpha value is -2.06. The fourth-order valence-electron chi connectivity index (χ4n) is 2.99. The first-order chi connectivity index (χ1) is 13.6. The predicted octanol–water partition coefficient (Wildman–Crippen LogP) is 4.13. The van der Waals surface area contributed by atoms with Crippen LogP contribution in [0.4, 0.5) is 5.69 Å². The molecule has 158 valence electrons. The molecule has 2 aromatic rings. The SMILES string of the molecule is COc1ccc([C@@H](CC(C)C)NC(=O)CN(c2cccc(Br)c2)S(C)(=O)=O)cc1. The van der Waals surface area contributed by atoms with Crippen molar-refractivity contribution >= 4 is 37.5 Å². The van der Waals surface area contributed by atoms with Gasteiger partial charge in [-0.3, -0.25) is 9.10 Å². The van der Waals surface area contributed by atoms with Crippen LogP contribution >= 0.6 is 15.9 Å². The molecule has 0 aromatic heterocycles. The van der Waals surface area contributed by atoms with Crippen molar-refractivity contribution in [3.05, 3.63) is 58.6 Å². The molecule has 6 nitrogen and oxygen atoms in total. The fourth-order valence-corrected chi connectivity index (χ4v) is 4.22. The summed E-state index contributed by atoms with van der Waals surface area (Å²) in [6, 6.07) is 14.2. The Kier molecular flexibility index (Phi) is 8.10. The minimum Gasteiger partial charge on any atom is -0.497 e. The number of halogens is 1. The van der Waals surface area contributed by atoms with Gasteiger partial charge in [-0.2, -0.15) is 0 Å². The summed E-state index contributed by atoms with van der Waals surface area (Å²) >= 11 is 3.34. The number of nitrogens with one attached hydrogen (secondary N) is 1.